The maximum absolute atomic E-state index is 2.24. The molecule has 0 bridgehead atoms. The fraction of sp³-hybridized carbons (Fsp3) is 1.00. The summed E-state index contributed by atoms with van der Waals surface area (Å²) >= 11 is 0. The summed E-state index contributed by atoms with van der Waals surface area (Å²) in [6, 6.07) is 0. The molecule has 0 amide bonds. The summed E-state index contributed by atoms with van der Waals surface area (Å²) in [7, 11) is 0. The van der Waals surface area contributed by atoms with E-state index in [1.54, 1.807) is 0 Å². The van der Waals surface area contributed by atoms with Crippen molar-refractivity contribution in [1.29, 1.82) is 0 Å². The predicted octanol–water partition coefficient (Wildman–Crippen LogP) is 2.06. The molecule has 0 N–H and O–H groups in total. The third kappa shape index (κ3) is 10.9. The summed E-state index contributed by atoms with van der Waals surface area (Å²) in [4.78, 5) is 0. The van der Waals surface area contributed by atoms with Crippen LogP contribution in [0.1, 0.15) is 34.1 Å². The van der Waals surface area contributed by atoms with Gasteiger partial charge >= 0.3 is 0 Å². The van der Waals surface area contributed by atoms with Crippen LogP contribution in [0, 0.1) is 5.41 Å². The molecule has 0 saturated heterocycles. The largest absolute Gasteiger partial charge is 0.0649 e. The van der Waals surface area contributed by atoms with Gasteiger partial charge < -0.3 is 0 Å². The van der Waals surface area contributed by atoms with E-state index < -0.39 is 0 Å². The van der Waals surface area contributed by atoms with Gasteiger partial charge in [-0.1, -0.05) is 34.1 Å². The Bertz CT molecular complexity index is 33.9. The SMILES string of the molecule is CCC(C)(C)C.[Na]. The molecule has 0 atom stereocenters. The van der Waals surface area contributed by atoms with E-state index in [9.17, 15) is 0 Å². The summed E-state index contributed by atoms with van der Waals surface area (Å²) in [5.41, 5.74) is 0.542. The van der Waals surface area contributed by atoms with Gasteiger partial charge in [-0.05, 0) is 5.41 Å². The van der Waals surface area contributed by atoms with Crippen LogP contribution in [0.25, 0.3) is 0 Å². The zero-order chi connectivity index (χ0) is 5.21. The molecule has 0 rings (SSSR count). The van der Waals surface area contributed by atoms with E-state index in [-0.39, 0.29) is 29.6 Å². The van der Waals surface area contributed by atoms with Crippen molar-refractivity contribution in [1.82, 2.24) is 0 Å². The van der Waals surface area contributed by atoms with Crippen LogP contribution in [0.2, 0.25) is 0 Å². The summed E-state index contributed by atoms with van der Waals surface area (Å²) < 4.78 is 0. The van der Waals surface area contributed by atoms with Gasteiger partial charge in [0, 0.05) is 29.6 Å². The van der Waals surface area contributed by atoms with E-state index >= 15 is 0 Å². The first-order valence-electron chi connectivity index (χ1n) is 2.56. The van der Waals surface area contributed by atoms with Crippen LogP contribution in [-0.2, 0) is 0 Å². The van der Waals surface area contributed by atoms with E-state index in [1.165, 1.54) is 6.42 Å². The Balaban J connectivity index is 0. The minimum Gasteiger partial charge on any atom is -0.0649 e. The normalized spacial score (nSPS) is 10.3. The molecule has 0 unspecified atom stereocenters. The molecule has 1 heteroatoms. The van der Waals surface area contributed by atoms with Crippen LogP contribution in [0.3, 0.4) is 0 Å². The molecular weight excluding hydrogens is 95.1 g/mol. The first-order valence-corrected chi connectivity index (χ1v) is 2.56. The Labute approximate surface area is 69.0 Å². The number of hydrogen-bond acceptors (Lipinski definition) is 0. The summed E-state index contributed by atoms with van der Waals surface area (Å²) in [6.07, 6.45) is 1.27. The zero-order valence-electron chi connectivity index (χ0n) is 6.21. The quantitative estimate of drug-likeness (QED) is 0.418. The zero-order valence-corrected chi connectivity index (χ0v) is 8.21. The van der Waals surface area contributed by atoms with E-state index in [0.717, 1.165) is 0 Å². The molecule has 0 spiro atoms. The molecule has 0 aliphatic heterocycles. The van der Waals surface area contributed by atoms with Crippen LogP contribution in [0.5, 0.6) is 0 Å². The Kier molecular flexibility index (Phi) is 6.12. The molecule has 1 radical (unpaired) electrons. The van der Waals surface area contributed by atoms with Gasteiger partial charge in [-0.3, -0.25) is 0 Å². The van der Waals surface area contributed by atoms with E-state index in [0.29, 0.717) is 5.41 Å². The van der Waals surface area contributed by atoms with Crippen molar-refractivity contribution in [3.63, 3.8) is 0 Å². The maximum atomic E-state index is 2.24. The van der Waals surface area contributed by atoms with Gasteiger partial charge in [-0.15, -0.1) is 0 Å². The van der Waals surface area contributed by atoms with Gasteiger partial charge in [-0.2, -0.15) is 0 Å². The maximum Gasteiger partial charge on any atom is 0 e. The van der Waals surface area contributed by atoms with Crippen molar-refractivity contribution in [2.75, 3.05) is 0 Å². The summed E-state index contributed by atoms with van der Waals surface area (Å²) in [6.45, 7) is 8.94. The molecule has 0 aliphatic rings. The van der Waals surface area contributed by atoms with E-state index in [1.807, 2.05) is 0 Å². The Hall–Kier alpha value is 1.00. The van der Waals surface area contributed by atoms with Crippen molar-refractivity contribution in [3.8, 4) is 0 Å². The molecule has 0 aliphatic carbocycles. The van der Waals surface area contributed by atoms with Crippen molar-refractivity contribution in [2.45, 2.75) is 34.1 Å². The molecule has 0 aromatic rings. The second-order valence-electron chi connectivity index (χ2n) is 2.91. The molecule has 0 fully saturated rings. The van der Waals surface area contributed by atoms with Crippen LogP contribution in [0.15, 0.2) is 0 Å². The van der Waals surface area contributed by atoms with Crippen LogP contribution >= 0.6 is 0 Å². The van der Waals surface area contributed by atoms with Crippen molar-refractivity contribution in [3.05, 3.63) is 0 Å². The van der Waals surface area contributed by atoms with Crippen LogP contribution < -0.4 is 0 Å². The Morgan fingerprint density at radius 2 is 1.29 bits per heavy atom. The number of hydrogen-bond donors (Lipinski definition) is 0. The first-order chi connectivity index (χ1) is 2.56. The second-order valence-corrected chi connectivity index (χ2v) is 2.91. The smallest absolute Gasteiger partial charge is 0 e. The monoisotopic (exact) mass is 109 g/mol. The van der Waals surface area contributed by atoms with Gasteiger partial charge in [0.2, 0.25) is 0 Å². The average Bonchev–Trinajstić information content (AvgIpc) is 1.35. The third-order valence-corrected chi connectivity index (χ3v) is 1.06. The van der Waals surface area contributed by atoms with Crippen LogP contribution in [0.4, 0.5) is 0 Å². The molecular formula is C6H14Na. The summed E-state index contributed by atoms with van der Waals surface area (Å²) in [5.74, 6) is 0. The van der Waals surface area contributed by atoms with Gasteiger partial charge in [-0.25, -0.2) is 0 Å². The molecule has 0 heterocycles. The minimum absolute atomic E-state index is 0. The Morgan fingerprint density at radius 3 is 1.29 bits per heavy atom. The molecule has 7 heavy (non-hydrogen) atoms. The van der Waals surface area contributed by atoms with Crippen LogP contribution in [-0.4, -0.2) is 29.6 Å². The van der Waals surface area contributed by atoms with Crippen molar-refractivity contribution in [2.24, 2.45) is 5.41 Å². The fourth-order valence-corrected chi connectivity index (χ4v) is 0. The minimum atomic E-state index is 0. The second kappa shape index (κ2) is 3.94. The third-order valence-electron chi connectivity index (χ3n) is 1.06. The standard InChI is InChI=1S/C6H14.Na/c1-5-6(2,3)4;/h5H2,1-4H3;. The van der Waals surface area contributed by atoms with Gasteiger partial charge in [0.1, 0.15) is 0 Å². The van der Waals surface area contributed by atoms with E-state index in [2.05, 4.69) is 27.7 Å². The van der Waals surface area contributed by atoms with Gasteiger partial charge in [0.05, 0.1) is 0 Å². The van der Waals surface area contributed by atoms with E-state index in [4.69, 9.17) is 0 Å². The van der Waals surface area contributed by atoms with Gasteiger partial charge in [0.25, 0.3) is 0 Å². The molecule has 0 nitrogen and oxygen atoms in total. The number of rotatable bonds is 0. The van der Waals surface area contributed by atoms with Crippen molar-refractivity contribution < 1.29 is 0 Å². The van der Waals surface area contributed by atoms with Gasteiger partial charge in [0.15, 0.2) is 0 Å². The predicted molar refractivity (Wildman–Crippen MR) is 35.5 cm³/mol. The van der Waals surface area contributed by atoms with Crippen molar-refractivity contribution >= 4 is 29.6 Å². The average molecular weight is 109 g/mol. The molecule has 0 aromatic heterocycles. The summed E-state index contributed by atoms with van der Waals surface area (Å²) in [5, 5.41) is 0. The fourth-order valence-electron chi connectivity index (χ4n) is 0. The Morgan fingerprint density at radius 1 is 1.14 bits per heavy atom. The first kappa shape index (κ1) is 10.9. The molecule has 0 saturated carbocycles. The molecule has 39 valence electrons. The molecule has 0 aromatic carbocycles. The topological polar surface area (TPSA) is 0 Å².